The largest absolute Gasteiger partial charge is 6.00 e. The zero-order valence-corrected chi connectivity index (χ0v) is 13.1. The van der Waals surface area contributed by atoms with Crippen LogP contribution in [0.2, 0.25) is 0 Å². The average Bonchev–Trinajstić information content (AvgIpc) is 0. The molecule has 0 atom stereocenters. The van der Waals surface area contributed by atoms with Crippen molar-refractivity contribution in [2.45, 2.75) is 0 Å². The minimum Gasteiger partial charge on any atom is -2.00 e. The molecule has 47 valence electrons. The standard InChI is InChI=1S/Ba.Cu.5O.U/q2*+2;5*-2;+6. The molecular weight excluding hydrogens is 519 g/mol. The van der Waals surface area contributed by atoms with Gasteiger partial charge in [-0.3, -0.25) is 0 Å². The van der Waals surface area contributed by atoms with Crippen molar-refractivity contribution in [3.8, 4) is 0 Å². The molecule has 0 bridgehead atoms. The quantitative estimate of drug-likeness (QED) is 0.363. The van der Waals surface area contributed by atoms with Gasteiger partial charge in [-0.05, 0) is 0 Å². The zero-order chi connectivity index (χ0) is 0. The molecule has 5 nitrogen and oxygen atoms in total. The van der Waals surface area contributed by atoms with Crippen molar-refractivity contribution in [3.05, 3.63) is 0 Å². The molecule has 0 saturated heterocycles. The van der Waals surface area contributed by atoms with Gasteiger partial charge in [0.2, 0.25) is 0 Å². The van der Waals surface area contributed by atoms with E-state index in [0.29, 0.717) is 0 Å². The molecule has 0 aliphatic carbocycles. The van der Waals surface area contributed by atoms with Gasteiger partial charge < -0.3 is 27.4 Å². The Morgan fingerprint density at radius 3 is 0.500 bits per heavy atom. The summed E-state index contributed by atoms with van der Waals surface area (Å²) in [6.45, 7) is 0. The van der Waals surface area contributed by atoms with Crippen LogP contribution < -0.4 is 0 Å². The summed E-state index contributed by atoms with van der Waals surface area (Å²) in [5.74, 6) is 0. The van der Waals surface area contributed by atoms with E-state index in [1.165, 1.54) is 0 Å². The zero-order valence-electron chi connectivity index (χ0n) is 3.55. The van der Waals surface area contributed by atoms with Crippen LogP contribution in [0.25, 0.3) is 0 Å². The molecule has 0 aliphatic heterocycles. The maximum absolute atomic E-state index is 0. The van der Waals surface area contributed by atoms with Gasteiger partial charge in [0.25, 0.3) is 0 Å². The van der Waals surface area contributed by atoms with E-state index in [0.717, 1.165) is 0 Å². The van der Waals surface area contributed by atoms with Crippen LogP contribution in [0, 0.1) is 31.1 Å². The topological polar surface area (TPSA) is 142 Å². The van der Waals surface area contributed by atoms with Gasteiger partial charge in [0.1, 0.15) is 0 Å². The van der Waals surface area contributed by atoms with Crippen molar-refractivity contribution in [1.82, 2.24) is 0 Å². The van der Waals surface area contributed by atoms with Crippen LogP contribution in [0.3, 0.4) is 0 Å². The molecule has 8 heteroatoms. The van der Waals surface area contributed by atoms with Gasteiger partial charge >= 0.3 is 97.1 Å². The molecule has 0 unspecified atom stereocenters. The molecule has 1 radical (unpaired) electrons. The summed E-state index contributed by atoms with van der Waals surface area (Å²) in [6.07, 6.45) is 0. The molecule has 0 spiro atoms. The van der Waals surface area contributed by atoms with E-state index in [1.54, 1.807) is 0 Å². The number of rotatable bonds is 0. The van der Waals surface area contributed by atoms with E-state index in [9.17, 15) is 0 Å². The van der Waals surface area contributed by atoms with E-state index in [2.05, 4.69) is 0 Å². The van der Waals surface area contributed by atoms with E-state index < -0.39 is 0 Å². The molecule has 0 heterocycles. The number of hydrogen-bond acceptors (Lipinski definition) is 0. The Morgan fingerprint density at radius 1 is 0.500 bits per heavy atom. The van der Waals surface area contributed by atoms with Crippen LogP contribution in [0.4, 0.5) is 0 Å². The summed E-state index contributed by atoms with van der Waals surface area (Å²) in [5, 5.41) is 0. The maximum Gasteiger partial charge on any atom is 6.00 e. The third-order valence-corrected chi connectivity index (χ3v) is 0. The molecule has 0 aliphatic rings. The van der Waals surface area contributed by atoms with Crippen LogP contribution in [0.15, 0.2) is 0 Å². The fourth-order valence-electron chi connectivity index (χ4n) is 0. The van der Waals surface area contributed by atoms with Gasteiger partial charge in [0, 0.05) is 0 Å². The summed E-state index contributed by atoms with van der Waals surface area (Å²) in [6, 6.07) is 0. The first-order chi connectivity index (χ1) is 0. The summed E-state index contributed by atoms with van der Waals surface area (Å²) < 4.78 is 0. The Morgan fingerprint density at radius 2 is 0.500 bits per heavy atom. The van der Waals surface area contributed by atoms with Crippen LogP contribution in [-0.2, 0) is 44.4 Å². The maximum atomic E-state index is 0. The minimum atomic E-state index is 0. The second kappa shape index (κ2) is 91.8. The van der Waals surface area contributed by atoms with Gasteiger partial charge in [-0.15, -0.1) is 0 Å². The van der Waals surface area contributed by atoms with Crippen LogP contribution in [-0.4, -0.2) is 48.9 Å². The van der Waals surface area contributed by atoms with Crippen molar-refractivity contribution < 1.29 is 75.6 Å². The Bertz CT molecular complexity index is 12.4. The van der Waals surface area contributed by atoms with Crippen LogP contribution in [0.5, 0.6) is 0 Å². The first kappa shape index (κ1) is 125. The predicted molar refractivity (Wildman–Crippen MR) is 9.19 cm³/mol. The predicted octanol–water partition coefficient (Wildman–Crippen LogP) is -0.977. The van der Waals surface area contributed by atoms with E-state index in [-0.39, 0.29) is 124 Å². The Labute approximate surface area is 122 Å². The summed E-state index contributed by atoms with van der Waals surface area (Å²) in [7, 11) is 0. The number of hydrogen-bond donors (Lipinski definition) is 0. The molecule has 0 fully saturated rings. The molecule has 0 aromatic heterocycles. The van der Waals surface area contributed by atoms with Crippen molar-refractivity contribution in [1.29, 1.82) is 0 Å². The molecule has 0 N–H and O–H groups in total. The Balaban J connectivity index is 0. The van der Waals surface area contributed by atoms with Gasteiger partial charge in [0.05, 0.1) is 0 Å². The van der Waals surface area contributed by atoms with Crippen molar-refractivity contribution in [2.24, 2.45) is 0 Å². The first-order valence-corrected chi connectivity index (χ1v) is 0. The first-order valence-electron chi connectivity index (χ1n) is 0. The normalized spacial score (nSPS) is 0. The third kappa shape index (κ3) is 65.1. The van der Waals surface area contributed by atoms with Crippen molar-refractivity contribution in [3.63, 3.8) is 0 Å². The summed E-state index contributed by atoms with van der Waals surface area (Å²) in [5.41, 5.74) is 0. The van der Waals surface area contributed by atoms with Crippen LogP contribution in [0.1, 0.15) is 0 Å². The van der Waals surface area contributed by atoms with Crippen molar-refractivity contribution >= 4 is 48.9 Å². The Kier molecular flexibility index (Phi) is 1430. The van der Waals surface area contributed by atoms with Gasteiger partial charge in [-0.1, -0.05) is 0 Å². The van der Waals surface area contributed by atoms with Crippen LogP contribution >= 0.6 is 0 Å². The molecule has 8 heavy (non-hydrogen) atoms. The molecule has 0 aromatic carbocycles. The second-order valence-electron chi connectivity index (χ2n) is 0. The SMILES string of the molecule is [Ba+2].[Cu+2].[O-2].[O-2].[O-2].[O-2].[O-2].[U+6]. The fourth-order valence-corrected chi connectivity index (χ4v) is 0. The van der Waals surface area contributed by atoms with E-state index >= 15 is 0 Å². The smallest absolute Gasteiger partial charge is 2.00 e. The minimum absolute atomic E-state index is 0. The summed E-state index contributed by atoms with van der Waals surface area (Å²) in [4.78, 5) is 0. The van der Waals surface area contributed by atoms with E-state index in [1.807, 2.05) is 0 Å². The fraction of sp³-hybridized carbons (Fsp3) is 0. The second-order valence-corrected chi connectivity index (χ2v) is 0. The van der Waals surface area contributed by atoms with Gasteiger partial charge in [-0.25, -0.2) is 0 Å². The molecule has 0 rings (SSSR count). The molecule has 0 amide bonds. The molecule has 0 aromatic rings. The summed E-state index contributed by atoms with van der Waals surface area (Å²) >= 11 is 0. The van der Waals surface area contributed by atoms with Gasteiger partial charge in [0.15, 0.2) is 0 Å². The Hall–Kier alpha value is 2.94. The van der Waals surface area contributed by atoms with Gasteiger partial charge in [-0.2, -0.15) is 0 Å². The molecular formula is BaCuO5U. The van der Waals surface area contributed by atoms with Crippen molar-refractivity contribution in [2.75, 3.05) is 0 Å². The monoisotopic (exact) mass is 519 g/mol. The average molecular weight is 519 g/mol. The van der Waals surface area contributed by atoms with E-state index in [4.69, 9.17) is 0 Å². The molecule has 0 saturated carbocycles. The third-order valence-electron chi connectivity index (χ3n) is 0.